The Labute approximate surface area is 234 Å². The van der Waals surface area contributed by atoms with Gasteiger partial charge in [0.05, 0.1) is 17.1 Å². The number of fused-ring (bicyclic) bond motifs is 2. The largest absolute Gasteiger partial charge is 0.378 e. The topological polar surface area (TPSA) is 88.0 Å². The molecule has 2 aromatic carbocycles. The molecule has 4 heterocycles. The summed E-state index contributed by atoms with van der Waals surface area (Å²) in [6.45, 7) is 2.26. The fourth-order valence-corrected chi connectivity index (χ4v) is 5.89. The van der Waals surface area contributed by atoms with Crippen LogP contribution in [-0.2, 0) is 11.8 Å². The second kappa shape index (κ2) is 11.4. The van der Waals surface area contributed by atoms with Crippen LogP contribution >= 0.6 is 0 Å². The third kappa shape index (κ3) is 5.27. The van der Waals surface area contributed by atoms with Crippen LogP contribution in [0, 0.1) is 5.92 Å². The minimum Gasteiger partial charge on any atom is -0.378 e. The molecule has 5 aromatic rings. The number of aryl methyl sites for hydroxylation is 1. The molecule has 1 fully saturated rings. The zero-order valence-electron chi connectivity index (χ0n) is 23.0. The van der Waals surface area contributed by atoms with Gasteiger partial charge < -0.3 is 20.1 Å². The molecule has 1 amide bonds. The maximum absolute atomic E-state index is 12.6. The van der Waals surface area contributed by atoms with E-state index in [1.165, 1.54) is 10.9 Å². The van der Waals surface area contributed by atoms with E-state index in [4.69, 9.17) is 4.98 Å². The predicted molar refractivity (Wildman–Crippen MR) is 160 cm³/mol. The van der Waals surface area contributed by atoms with Gasteiger partial charge in [-0.1, -0.05) is 18.2 Å². The molecule has 0 radical (unpaired) electrons. The van der Waals surface area contributed by atoms with Gasteiger partial charge in [-0.15, -0.1) is 0 Å². The van der Waals surface area contributed by atoms with Crippen LogP contribution in [0.5, 0.6) is 0 Å². The van der Waals surface area contributed by atoms with Crippen LogP contribution in [0.1, 0.15) is 30.9 Å². The number of amides is 1. The van der Waals surface area contributed by atoms with Gasteiger partial charge in [-0.25, -0.2) is 0 Å². The molecule has 0 bridgehead atoms. The number of piperidine rings is 1. The van der Waals surface area contributed by atoms with Crippen molar-refractivity contribution in [2.24, 2.45) is 13.0 Å². The molecule has 0 saturated carbocycles. The maximum atomic E-state index is 12.6. The minimum atomic E-state index is 0.0561. The molecule has 1 aliphatic rings. The molecule has 40 heavy (non-hydrogen) atoms. The van der Waals surface area contributed by atoms with Crippen LogP contribution in [-0.4, -0.2) is 57.0 Å². The van der Waals surface area contributed by atoms with Gasteiger partial charge in [-0.3, -0.25) is 19.7 Å². The summed E-state index contributed by atoms with van der Waals surface area (Å²) < 4.78 is 2.14. The first-order valence-electron chi connectivity index (χ1n) is 14.0. The highest BCUT2D eigenvalue weighted by molar-refractivity contribution is 5.97. The molecular formula is C32H35N7O. The number of hydrogen-bond acceptors (Lipinski definition) is 6. The van der Waals surface area contributed by atoms with E-state index in [1.807, 2.05) is 30.4 Å². The summed E-state index contributed by atoms with van der Waals surface area (Å²) in [5, 5.41) is 8.15. The smallest absolute Gasteiger partial charge is 0.223 e. The Bertz CT molecular complexity index is 1620. The molecule has 2 N–H and O–H groups in total. The van der Waals surface area contributed by atoms with Gasteiger partial charge in [-0.2, -0.15) is 0 Å². The van der Waals surface area contributed by atoms with E-state index in [0.29, 0.717) is 18.9 Å². The van der Waals surface area contributed by atoms with Crippen molar-refractivity contribution in [2.75, 3.05) is 32.0 Å². The van der Waals surface area contributed by atoms with E-state index < -0.39 is 0 Å². The number of rotatable bonds is 8. The van der Waals surface area contributed by atoms with E-state index in [2.05, 4.69) is 80.9 Å². The predicted octanol–water partition coefficient (Wildman–Crippen LogP) is 5.18. The number of nitrogens with zero attached hydrogens (tertiary/aromatic N) is 5. The summed E-state index contributed by atoms with van der Waals surface area (Å²) in [4.78, 5) is 28.5. The van der Waals surface area contributed by atoms with Gasteiger partial charge >= 0.3 is 0 Å². The number of pyridine rings is 1. The highest BCUT2D eigenvalue weighted by atomic mass is 16.2. The maximum Gasteiger partial charge on any atom is 0.223 e. The average Bonchev–Trinajstić information content (AvgIpc) is 3.38. The van der Waals surface area contributed by atoms with E-state index in [9.17, 15) is 4.79 Å². The summed E-state index contributed by atoms with van der Waals surface area (Å²) in [5.41, 5.74) is 7.21. The Morgan fingerprint density at radius 3 is 2.70 bits per heavy atom. The second-order valence-electron chi connectivity index (χ2n) is 10.6. The van der Waals surface area contributed by atoms with Crippen molar-refractivity contribution < 1.29 is 4.79 Å². The van der Waals surface area contributed by atoms with Crippen LogP contribution < -0.4 is 10.6 Å². The molecule has 1 unspecified atom stereocenters. The van der Waals surface area contributed by atoms with Crippen molar-refractivity contribution in [3.8, 4) is 11.1 Å². The Hall–Kier alpha value is -4.30. The number of carbonyl (C=O) groups is 1. The zero-order chi connectivity index (χ0) is 27.5. The van der Waals surface area contributed by atoms with Gasteiger partial charge in [-0.05, 0) is 72.7 Å². The summed E-state index contributed by atoms with van der Waals surface area (Å²) in [5.74, 6) is 0.588. The van der Waals surface area contributed by atoms with E-state index >= 15 is 0 Å². The van der Waals surface area contributed by atoms with Crippen molar-refractivity contribution in [3.05, 3.63) is 85.1 Å². The SMILES string of the molecule is CNCCC(=O)N1CCC(C(Nc2cc(-c3ccc4ccn(C)c4c3)c3nccnc3c2)c2cccnc2)CC1. The van der Waals surface area contributed by atoms with E-state index in [0.717, 1.165) is 59.3 Å². The van der Waals surface area contributed by atoms with Crippen molar-refractivity contribution >= 4 is 33.5 Å². The summed E-state index contributed by atoms with van der Waals surface area (Å²) in [7, 11) is 3.95. The molecule has 1 aliphatic heterocycles. The van der Waals surface area contributed by atoms with Crippen molar-refractivity contribution in [1.29, 1.82) is 0 Å². The molecule has 1 saturated heterocycles. The number of hydrogen-bond donors (Lipinski definition) is 2. The quantitative estimate of drug-likeness (QED) is 0.286. The lowest BCUT2D eigenvalue weighted by Gasteiger charge is -2.37. The first-order chi connectivity index (χ1) is 19.6. The standard InChI is InChI=1S/C32H35N7O/c1-33-12-7-30(40)39-16-9-23(10-17-39)31(25-4-3-11-34-21-25)37-26-19-27(32-28(20-26)35-13-14-36-32)24-6-5-22-8-15-38(2)29(22)18-24/h3-6,8,11,13-15,18-21,23,31,33,37H,7,9-10,12,16-17H2,1-2H3. The summed E-state index contributed by atoms with van der Waals surface area (Å²) in [6.07, 6.45) is 11.8. The van der Waals surface area contributed by atoms with Gasteiger partial charge in [0.25, 0.3) is 0 Å². The Morgan fingerprint density at radius 2 is 1.90 bits per heavy atom. The minimum absolute atomic E-state index is 0.0561. The van der Waals surface area contributed by atoms with E-state index in [-0.39, 0.29) is 11.9 Å². The van der Waals surface area contributed by atoms with Crippen LogP contribution in [0.15, 0.2) is 79.5 Å². The molecule has 1 atom stereocenters. The Morgan fingerprint density at radius 1 is 1.05 bits per heavy atom. The Balaban J connectivity index is 1.33. The fourth-order valence-electron chi connectivity index (χ4n) is 5.89. The molecule has 0 spiro atoms. The number of anilines is 1. The van der Waals surface area contributed by atoms with Crippen LogP contribution in [0.2, 0.25) is 0 Å². The zero-order valence-corrected chi connectivity index (χ0v) is 23.0. The molecule has 0 aliphatic carbocycles. The molecule has 3 aromatic heterocycles. The van der Waals surface area contributed by atoms with Crippen LogP contribution in [0.4, 0.5) is 5.69 Å². The van der Waals surface area contributed by atoms with Crippen LogP contribution in [0.25, 0.3) is 33.1 Å². The lowest BCUT2D eigenvalue weighted by atomic mass is 9.85. The molecule has 204 valence electrons. The molecular weight excluding hydrogens is 498 g/mol. The number of benzene rings is 2. The average molecular weight is 534 g/mol. The lowest BCUT2D eigenvalue weighted by molar-refractivity contribution is -0.132. The number of likely N-dealkylation sites (tertiary alicyclic amines) is 1. The highest BCUT2D eigenvalue weighted by Gasteiger charge is 2.30. The third-order valence-electron chi connectivity index (χ3n) is 8.09. The molecule has 6 rings (SSSR count). The second-order valence-corrected chi connectivity index (χ2v) is 10.6. The van der Waals surface area contributed by atoms with Crippen molar-refractivity contribution in [2.45, 2.75) is 25.3 Å². The van der Waals surface area contributed by atoms with Gasteiger partial charge in [0, 0.05) is 80.9 Å². The summed E-state index contributed by atoms with van der Waals surface area (Å²) in [6, 6.07) is 17.2. The molecule has 8 heteroatoms. The lowest BCUT2D eigenvalue weighted by Crippen LogP contribution is -2.41. The van der Waals surface area contributed by atoms with Crippen LogP contribution in [0.3, 0.4) is 0 Å². The third-order valence-corrected chi connectivity index (χ3v) is 8.09. The summed E-state index contributed by atoms with van der Waals surface area (Å²) >= 11 is 0. The normalized spacial score (nSPS) is 15.0. The monoisotopic (exact) mass is 533 g/mol. The van der Waals surface area contributed by atoms with E-state index in [1.54, 1.807) is 12.4 Å². The van der Waals surface area contributed by atoms with Crippen molar-refractivity contribution in [3.63, 3.8) is 0 Å². The van der Waals surface area contributed by atoms with Gasteiger partial charge in [0.15, 0.2) is 0 Å². The molecule has 8 nitrogen and oxygen atoms in total. The first-order valence-corrected chi connectivity index (χ1v) is 14.0. The Kier molecular flexibility index (Phi) is 7.42. The number of carbonyl (C=O) groups excluding carboxylic acids is 1. The number of aromatic nitrogens is 4. The number of nitrogens with one attached hydrogen (secondary N) is 2. The van der Waals surface area contributed by atoms with Gasteiger partial charge in [0.1, 0.15) is 0 Å². The van der Waals surface area contributed by atoms with Crippen molar-refractivity contribution in [1.82, 2.24) is 29.7 Å². The van der Waals surface area contributed by atoms with Gasteiger partial charge in [0.2, 0.25) is 5.91 Å². The fraction of sp³-hybridized carbons (Fsp3) is 0.312. The highest BCUT2D eigenvalue weighted by Crippen LogP contribution is 2.37. The first kappa shape index (κ1) is 26.0.